The van der Waals surface area contributed by atoms with E-state index in [1.165, 1.54) is 36.2 Å². The summed E-state index contributed by atoms with van der Waals surface area (Å²) in [5, 5.41) is 10.7. The van der Waals surface area contributed by atoms with E-state index < -0.39 is 16.8 Å². The van der Waals surface area contributed by atoms with Crippen LogP contribution in [0.15, 0.2) is 48.5 Å². The number of nitrogens with zero attached hydrogens (tertiary/aromatic N) is 2. The van der Waals surface area contributed by atoms with Gasteiger partial charge >= 0.3 is 5.97 Å². The topological polar surface area (TPSA) is 108 Å². The summed E-state index contributed by atoms with van der Waals surface area (Å²) in [6.45, 7) is 1.46. The molecule has 9 heteroatoms. The number of nitro benzene ring substituents is 1. The van der Waals surface area contributed by atoms with Crippen LogP contribution >= 0.6 is 0 Å². The zero-order valence-corrected chi connectivity index (χ0v) is 15.5. The van der Waals surface area contributed by atoms with Crippen molar-refractivity contribution in [2.75, 3.05) is 26.8 Å². The van der Waals surface area contributed by atoms with Gasteiger partial charge in [-0.1, -0.05) is 12.1 Å². The Balaban J connectivity index is 1.98. The van der Waals surface area contributed by atoms with Crippen molar-refractivity contribution >= 4 is 17.6 Å². The Labute approximate surface area is 161 Å². The van der Waals surface area contributed by atoms with Gasteiger partial charge in [-0.2, -0.15) is 0 Å². The molecule has 0 saturated heterocycles. The van der Waals surface area contributed by atoms with Crippen LogP contribution in [0.25, 0.3) is 0 Å². The SMILES string of the molecule is CCOC(=O)CN(C)C(=O)COc1ccccc1Oc1ccc([N+](=O)[O-])cc1. The van der Waals surface area contributed by atoms with Crippen LogP contribution in [0.2, 0.25) is 0 Å². The Kier molecular flexibility index (Phi) is 7.32. The minimum Gasteiger partial charge on any atom is -0.480 e. The van der Waals surface area contributed by atoms with Gasteiger partial charge in [0.25, 0.3) is 11.6 Å². The first-order chi connectivity index (χ1) is 13.4. The number of ether oxygens (including phenoxy) is 3. The van der Waals surface area contributed by atoms with Gasteiger partial charge in [-0.25, -0.2) is 0 Å². The Hall–Kier alpha value is -3.62. The van der Waals surface area contributed by atoms with Gasteiger partial charge in [-0.05, 0) is 31.2 Å². The highest BCUT2D eigenvalue weighted by molar-refractivity contribution is 5.82. The van der Waals surface area contributed by atoms with E-state index in [9.17, 15) is 19.7 Å². The molecule has 0 unspecified atom stereocenters. The minimum absolute atomic E-state index is 0.0490. The maximum atomic E-state index is 12.1. The fourth-order valence-corrected chi connectivity index (χ4v) is 2.15. The largest absolute Gasteiger partial charge is 0.480 e. The fraction of sp³-hybridized carbons (Fsp3) is 0.263. The Morgan fingerprint density at radius 1 is 1.07 bits per heavy atom. The molecule has 0 aromatic heterocycles. The van der Waals surface area contributed by atoms with E-state index in [-0.39, 0.29) is 25.4 Å². The second kappa shape index (κ2) is 9.91. The average Bonchev–Trinajstić information content (AvgIpc) is 2.67. The molecule has 0 aliphatic carbocycles. The molecule has 1 amide bonds. The third kappa shape index (κ3) is 5.97. The summed E-state index contributed by atoms with van der Waals surface area (Å²) in [5.74, 6) is 0.141. The van der Waals surface area contributed by atoms with Crippen molar-refractivity contribution in [2.24, 2.45) is 0 Å². The molecule has 0 aliphatic rings. The van der Waals surface area contributed by atoms with E-state index in [0.29, 0.717) is 17.2 Å². The summed E-state index contributed by atoms with van der Waals surface area (Å²) >= 11 is 0. The molecule has 28 heavy (non-hydrogen) atoms. The number of carbonyl (C=O) groups excluding carboxylic acids is 2. The lowest BCUT2D eigenvalue weighted by molar-refractivity contribution is -0.384. The number of amides is 1. The molecule has 0 radical (unpaired) electrons. The molecule has 0 aliphatic heterocycles. The van der Waals surface area contributed by atoms with Crippen molar-refractivity contribution in [1.82, 2.24) is 4.90 Å². The maximum Gasteiger partial charge on any atom is 0.325 e. The Morgan fingerprint density at radius 3 is 2.32 bits per heavy atom. The number of esters is 1. The second-order valence-corrected chi connectivity index (χ2v) is 5.64. The smallest absolute Gasteiger partial charge is 0.325 e. The van der Waals surface area contributed by atoms with E-state index in [1.54, 1.807) is 31.2 Å². The first-order valence-electron chi connectivity index (χ1n) is 8.44. The van der Waals surface area contributed by atoms with Crippen molar-refractivity contribution in [2.45, 2.75) is 6.92 Å². The molecule has 2 aromatic carbocycles. The Bertz CT molecular complexity index is 836. The highest BCUT2D eigenvalue weighted by Gasteiger charge is 2.15. The number of non-ortho nitro benzene ring substituents is 1. The lowest BCUT2D eigenvalue weighted by Crippen LogP contribution is -2.36. The third-order valence-electron chi connectivity index (χ3n) is 3.57. The normalized spacial score (nSPS) is 10.1. The molecule has 0 fully saturated rings. The standard InChI is InChI=1S/C19H20N2O7/c1-3-26-19(23)12-20(2)18(22)13-27-16-6-4-5-7-17(16)28-15-10-8-14(9-11-15)21(24)25/h4-11H,3,12-13H2,1-2H3. The summed E-state index contributed by atoms with van der Waals surface area (Å²) in [4.78, 5) is 35.0. The van der Waals surface area contributed by atoms with Gasteiger partial charge in [-0.3, -0.25) is 19.7 Å². The maximum absolute atomic E-state index is 12.1. The molecule has 9 nitrogen and oxygen atoms in total. The Morgan fingerprint density at radius 2 is 1.71 bits per heavy atom. The summed E-state index contributed by atoms with van der Waals surface area (Å²) in [5.41, 5.74) is -0.0490. The number of hydrogen-bond donors (Lipinski definition) is 0. The second-order valence-electron chi connectivity index (χ2n) is 5.64. The number of para-hydroxylation sites is 2. The molecule has 0 spiro atoms. The summed E-state index contributed by atoms with van der Waals surface area (Å²) in [6, 6.07) is 12.3. The number of carbonyl (C=O) groups is 2. The fourth-order valence-electron chi connectivity index (χ4n) is 2.15. The van der Waals surface area contributed by atoms with Crippen LogP contribution in [-0.2, 0) is 14.3 Å². The van der Waals surface area contributed by atoms with Crippen molar-refractivity contribution in [1.29, 1.82) is 0 Å². The summed E-state index contributed by atoms with van der Waals surface area (Å²) in [6.07, 6.45) is 0. The van der Waals surface area contributed by atoms with Gasteiger partial charge in [0.2, 0.25) is 0 Å². The molecule has 0 saturated carbocycles. The van der Waals surface area contributed by atoms with Gasteiger partial charge in [0.05, 0.1) is 11.5 Å². The van der Waals surface area contributed by atoms with Gasteiger partial charge in [0, 0.05) is 19.2 Å². The van der Waals surface area contributed by atoms with Gasteiger partial charge in [-0.15, -0.1) is 0 Å². The monoisotopic (exact) mass is 388 g/mol. The number of rotatable bonds is 9. The zero-order chi connectivity index (χ0) is 20.5. The van der Waals surface area contributed by atoms with E-state index >= 15 is 0 Å². The molecule has 0 atom stereocenters. The molecule has 0 heterocycles. The molecule has 2 aromatic rings. The summed E-state index contributed by atoms with van der Waals surface area (Å²) in [7, 11) is 1.47. The lowest BCUT2D eigenvalue weighted by atomic mass is 10.3. The minimum atomic E-state index is -0.501. The molecular weight excluding hydrogens is 368 g/mol. The van der Waals surface area contributed by atoms with Crippen molar-refractivity contribution in [3.05, 3.63) is 58.6 Å². The van der Waals surface area contributed by atoms with E-state index in [2.05, 4.69) is 0 Å². The number of likely N-dealkylation sites (N-methyl/N-ethyl adjacent to an activating group) is 1. The molecule has 2 rings (SSSR count). The number of hydrogen-bond acceptors (Lipinski definition) is 7. The van der Waals surface area contributed by atoms with Crippen molar-refractivity contribution in [3.63, 3.8) is 0 Å². The molecule has 148 valence electrons. The van der Waals surface area contributed by atoms with Crippen LogP contribution < -0.4 is 9.47 Å². The van der Waals surface area contributed by atoms with Crippen LogP contribution in [-0.4, -0.2) is 48.5 Å². The summed E-state index contributed by atoms with van der Waals surface area (Å²) < 4.78 is 16.0. The predicted molar refractivity (Wildman–Crippen MR) is 99.4 cm³/mol. The highest BCUT2D eigenvalue weighted by Crippen LogP contribution is 2.31. The van der Waals surface area contributed by atoms with Crippen LogP contribution in [0.1, 0.15) is 6.92 Å². The third-order valence-corrected chi connectivity index (χ3v) is 3.57. The van der Waals surface area contributed by atoms with Crippen molar-refractivity contribution in [3.8, 4) is 17.2 Å². The first kappa shape index (κ1) is 20.7. The van der Waals surface area contributed by atoms with Crippen molar-refractivity contribution < 1.29 is 28.7 Å². The first-order valence-corrected chi connectivity index (χ1v) is 8.44. The van der Waals surface area contributed by atoms with E-state index in [0.717, 1.165) is 0 Å². The van der Waals surface area contributed by atoms with E-state index in [4.69, 9.17) is 14.2 Å². The number of benzene rings is 2. The lowest BCUT2D eigenvalue weighted by Gasteiger charge is -2.17. The van der Waals surface area contributed by atoms with Gasteiger partial charge < -0.3 is 19.1 Å². The number of nitro groups is 1. The zero-order valence-electron chi connectivity index (χ0n) is 15.5. The molecular formula is C19H20N2O7. The quantitative estimate of drug-likeness (QED) is 0.369. The van der Waals surface area contributed by atoms with Crippen LogP contribution in [0.4, 0.5) is 5.69 Å². The highest BCUT2D eigenvalue weighted by atomic mass is 16.6. The van der Waals surface area contributed by atoms with Gasteiger partial charge in [0.15, 0.2) is 18.1 Å². The van der Waals surface area contributed by atoms with Crippen LogP contribution in [0, 0.1) is 10.1 Å². The van der Waals surface area contributed by atoms with Gasteiger partial charge in [0.1, 0.15) is 12.3 Å². The molecule has 0 N–H and O–H groups in total. The predicted octanol–water partition coefficient (Wildman–Crippen LogP) is 2.79. The van der Waals surface area contributed by atoms with Crippen LogP contribution in [0.3, 0.4) is 0 Å². The van der Waals surface area contributed by atoms with Crippen LogP contribution in [0.5, 0.6) is 17.2 Å². The molecule has 0 bridgehead atoms. The average molecular weight is 388 g/mol. The van der Waals surface area contributed by atoms with E-state index in [1.807, 2.05) is 0 Å².